The summed E-state index contributed by atoms with van der Waals surface area (Å²) in [7, 11) is -2.45. The van der Waals surface area contributed by atoms with Crippen LogP contribution in [0.1, 0.15) is 37.4 Å². The highest BCUT2D eigenvalue weighted by molar-refractivity contribution is 7.92. The van der Waals surface area contributed by atoms with Crippen molar-refractivity contribution in [3.8, 4) is 0 Å². The molecule has 0 fully saturated rings. The molecule has 166 valence electrons. The van der Waals surface area contributed by atoms with Crippen LogP contribution in [0.25, 0.3) is 0 Å². The first kappa shape index (κ1) is 23.0. The van der Waals surface area contributed by atoms with Crippen LogP contribution in [0, 0.1) is 20.8 Å². The second-order valence-corrected chi connectivity index (χ2v) is 9.05. The Morgan fingerprint density at radius 1 is 0.875 bits per heavy atom. The maximum atomic E-state index is 12.8. The molecule has 0 bridgehead atoms. The van der Waals surface area contributed by atoms with Crippen molar-refractivity contribution in [2.75, 3.05) is 17.1 Å². The molecule has 32 heavy (non-hydrogen) atoms. The van der Waals surface area contributed by atoms with Gasteiger partial charge in [-0.05, 0) is 74.4 Å². The second-order valence-electron chi connectivity index (χ2n) is 7.37. The highest BCUT2D eigenvalue weighted by Gasteiger charge is 2.17. The summed E-state index contributed by atoms with van der Waals surface area (Å²) in [5.74, 6) is -0.870. The molecule has 0 spiro atoms. The number of carbonyl (C=O) groups excluding carboxylic acids is 2. The summed E-state index contributed by atoms with van der Waals surface area (Å²) in [6, 6.07) is 16.2. The number of anilines is 2. The fourth-order valence-corrected chi connectivity index (χ4v) is 4.27. The molecule has 0 aromatic heterocycles. The zero-order chi connectivity index (χ0) is 23.5. The summed E-state index contributed by atoms with van der Waals surface area (Å²) in [4.78, 5) is 24.8. The van der Waals surface area contributed by atoms with Gasteiger partial charge in [0, 0.05) is 11.3 Å². The number of benzene rings is 3. The third-order valence-electron chi connectivity index (χ3n) is 5.05. The van der Waals surface area contributed by atoms with E-state index in [1.54, 1.807) is 68.4 Å². The maximum absolute atomic E-state index is 12.8. The molecule has 3 rings (SSSR count). The van der Waals surface area contributed by atoms with E-state index in [4.69, 9.17) is 4.74 Å². The summed E-state index contributed by atoms with van der Waals surface area (Å²) in [5.41, 5.74) is 3.72. The van der Waals surface area contributed by atoms with Crippen LogP contribution in [0.5, 0.6) is 0 Å². The van der Waals surface area contributed by atoms with Gasteiger partial charge in [0.1, 0.15) is 0 Å². The molecule has 0 heterocycles. The number of methoxy groups -OCH3 is 1. The number of hydrogen-bond acceptors (Lipinski definition) is 5. The predicted molar refractivity (Wildman–Crippen MR) is 124 cm³/mol. The van der Waals surface area contributed by atoms with Gasteiger partial charge in [-0.1, -0.05) is 23.8 Å². The SMILES string of the molecule is COC(=O)c1cccc(NC(=O)c2ccc(NS(=O)(=O)c3ccc(C)cc3)c(C)c2)c1C. The number of sulfonamides is 1. The number of nitrogens with one attached hydrogen (secondary N) is 2. The highest BCUT2D eigenvalue weighted by Crippen LogP contribution is 2.24. The molecule has 3 aromatic carbocycles. The first-order chi connectivity index (χ1) is 15.1. The molecular weight excluding hydrogens is 428 g/mol. The van der Waals surface area contributed by atoms with E-state index in [2.05, 4.69) is 10.0 Å². The minimum absolute atomic E-state index is 0.158. The lowest BCUT2D eigenvalue weighted by Crippen LogP contribution is -2.16. The predicted octanol–water partition coefficient (Wildman–Crippen LogP) is 4.45. The van der Waals surface area contributed by atoms with Gasteiger partial charge in [0.2, 0.25) is 0 Å². The first-order valence-electron chi connectivity index (χ1n) is 9.82. The molecule has 7 nitrogen and oxygen atoms in total. The van der Waals surface area contributed by atoms with Crippen molar-refractivity contribution in [1.29, 1.82) is 0 Å². The molecule has 1 amide bonds. The number of amides is 1. The minimum atomic E-state index is -3.75. The van der Waals surface area contributed by atoms with Crippen LogP contribution in [0.3, 0.4) is 0 Å². The van der Waals surface area contributed by atoms with Crippen LogP contribution in [0.2, 0.25) is 0 Å². The van der Waals surface area contributed by atoms with Crippen LogP contribution in [-0.2, 0) is 14.8 Å². The summed E-state index contributed by atoms with van der Waals surface area (Å²) >= 11 is 0. The Kier molecular flexibility index (Phi) is 6.64. The van der Waals surface area contributed by atoms with E-state index in [0.717, 1.165) is 5.56 Å². The molecule has 0 aliphatic carbocycles. The molecule has 0 aliphatic rings. The van der Waals surface area contributed by atoms with E-state index in [1.807, 2.05) is 6.92 Å². The molecule has 0 saturated carbocycles. The van der Waals surface area contributed by atoms with E-state index in [-0.39, 0.29) is 10.8 Å². The average molecular weight is 453 g/mol. The van der Waals surface area contributed by atoms with Crippen molar-refractivity contribution in [2.45, 2.75) is 25.7 Å². The van der Waals surface area contributed by atoms with Gasteiger partial charge >= 0.3 is 5.97 Å². The van der Waals surface area contributed by atoms with Gasteiger partial charge < -0.3 is 10.1 Å². The van der Waals surface area contributed by atoms with E-state index in [0.29, 0.717) is 33.6 Å². The fourth-order valence-electron chi connectivity index (χ4n) is 3.14. The fraction of sp³-hybridized carbons (Fsp3) is 0.167. The zero-order valence-electron chi connectivity index (χ0n) is 18.2. The molecule has 0 unspecified atom stereocenters. The van der Waals surface area contributed by atoms with Crippen molar-refractivity contribution in [3.05, 3.63) is 88.5 Å². The first-order valence-corrected chi connectivity index (χ1v) is 11.3. The smallest absolute Gasteiger partial charge is 0.338 e. The Bertz CT molecular complexity index is 1280. The van der Waals surface area contributed by atoms with E-state index in [1.165, 1.54) is 13.2 Å². The molecule has 0 saturated heterocycles. The van der Waals surface area contributed by atoms with Crippen molar-refractivity contribution in [2.24, 2.45) is 0 Å². The monoisotopic (exact) mass is 452 g/mol. The van der Waals surface area contributed by atoms with Gasteiger partial charge in [0.05, 0.1) is 23.3 Å². The second kappa shape index (κ2) is 9.23. The van der Waals surface area contributed by atoms with E-state index < -0.39 is 16.0 Å². The maximum Gasteiger partial charge on any atom is 0.338 e. The lowest BCUT2D eigenvalue weighted by Gasteiger charge is -2.14. The lowest BCUT2D eigenvalue weighted by molar-refractivity contribution is 0.0599. The Morgan fingerprint density at radius 3 is 2.19 bits per heavy atom. The Balaban J connectivity index is 1.80. The number of ether oxygens (including phenoxy) is 1. The normalized spacial score (nSPS) is 11.0. The third kappa shape index (κ3) is 4.97. The Labute approximate surface area is 187 Å². The summed E-state index contributed by atoms with van der Waals surface area (Å²) in [6.45, 7) is 5.31. The molecule has 0 aliphatic heterocycles. The third-order valence-corrected chi connectivity index (χ3v) is 6.43. The van der Waals surface area contributed by atoms with Gasteiger partial charge in [0.25, 0.3) is 15.9 Å². The van der Waals surface area contributed by atoms with Gasteiger partial charge in [-0.25, -0.2) is 13.2 Å². The quantitative estimate of drug-likeness (QED) is 0.538. The Morgan fingerprint density at radius 2 is 1.56 bits per heavy atom. The van der Waals surface area contributed by atoms with Gasteiger partial charge in [0.15, 0.2) is 0 Å². The number of hydrogen-bond donors (Lipinski definition) is 2. The molecule has 2 N–H and O–H groups in total. The van der Waals surface area contributed by atoms with Crippen LogP contribution in [0.15, 0.2) is 65.6 Å². The highest BCUT2D eigenvalue weighted by atomic mass is 32.2. The van der Waals surface area contributed by atoms with E-state index in [9.17, 15) is 18.0 Å². The van der Waals surface area contributed by atoms with Crippen LogP contribution < -0.4 is 10.0 Å². The van der Waals surface area contributed by atoms with Crippen LogP contribution >= 0.6 is 0 Å². The lowest BCUT2D eigenvalue weighted by atomic mass is 10.1. The standard InChI is InChI=1S/C24H24N2O5S/c1-15-8-11-19(12-9-15)32(29,30)26-21-13-10-18(14-16(21)2)23(27)25-22-7-5-6-20(17(22)3)24(28)31-4/h5-14,26H,1-4H3,(H,25,27). The number of aryl methyl sites for hydroxylation is 2. The summed E-state index contributed by atoms with van der Waals surface area (Å²) in [6.07, 6.45) is 0. The average Bonchev–Trinajstić information content (AvgIpc) is 2.76. The molecular formula is C24H24N2O5S. The topological polar surface area (TPSA) is 102 Å². The zero-order valence-corrected chi connectivity index (χ0v) is 19.0. The molecule has 0 atom stereocenters. The van der Waals surface area contributed by atoms with Crippen molar-refractivity contribution in [3.63, 3.8) is 0 Å². The molecule has 8 heteroatoms. The molecule has 0 radical (unpaired) electrons. The van der Waals surface area contributed by atoms with Crippen molar-refractivity contribution < 1.29 is 22.7 Å². The van der Waals surface area contributed by atoms with Crippen LogP contribution in [-0.4, -0.2) is 27.4 Å². The van der Waals surface area contributed by atoms with Gasteiger partial charge in [-0.15, -0.1) is 0 Å². The Hall–Kier alpha value is -3.65. The minimum Gasteiger partial charge on any atom is -0.465 e. The number of carbonyl (C=O) groups is 2. The van der Waals surface area contributed by atoms with Gasteiger partial charge in [-0.3, -0.25) is 9.52 Å². The van der Waals surface area contributed by atoms with Crippen LogP contribution in [0.4, 0.5) is 11.4 Å². The van der Waals surface area contributed by atoms with Crippen molar-refractivity contribution in [1.82, 2.24) is 0 Å². The molecule has 3 aromatic rings. The van der Waals surface area contributed by atoms with Gasteiger partial charge in [-0.2, -0.15) is 0 Å². The van der Waals surface area contributed by atoms with E-state index >= 15 is 0 Å². The van der Waals surface area contributed by atoms with Crippen molar-refractivity contribution >= 4 is 33.3 Å². The summed E-state index contributed by atoms with van der Waals surface area (Å²) in [5, 5.41) is 2.79. The summed E-state index contributed by atoms with van der Waals surface area (Å²) < 4.78 is 32.6. The number of esters is 1. The largest absolute Gasteiger partial charge is 0.465 e. The number of rotatable bonds is 6.